The molecule has 0 unspecified atom stereocenters. The molecule has 0 amide bonds. The Kier molecular flexibility index (Phi) is 4.47. The minimum Gasteiger partial charge on any atom is -0.454 e. The van der Waals surface area contributed by atoms with Crippen molar-refractivity contribution in [1.82, 2.24) is 4.57 Å². The molecule has 0 bridgehead atoms. The highest BCUT2D eigenvalue weighted by molar-refractivity contribution is 6.17. The van der Waals surface area contributed by atoms with E-state index in [4.69, 9.17) is 4.74 Å². The number of carbonyl (C=O) groups excluding carboxylic acids is 2. The molecule has 0 saturated heterocycles. The fourth-order valence-electron chi connectivity index (χ4n) is 3.65. The van der Waals surface area contributed by atoms with Crippen molar-refractivity contribution in [2.75, 3.05) is 6.61 Å². The van der Waals surface area contributed by atoms with Crippen LogP contribution in [0, 0.1) is 13.8 Å². The maximum absolute atomic E-state index is 13.0. The number of carbonyl (C=O) groups is 2. The molecule has 140 valence electrons. The summed E-state index contributed by atoms with van der Waals surface area (Å²) in [6.45, 7) is 3.55. The van der Waals surface area contributed by atoms with Crippen LogP contribution in [0.2, 0.25) is 0 Å². The van der Waals surface area contributed by atoms with E-state index in [0.29, 0.717) is 11.1 Å². The maximum Gasteiger partial charge on any atom is 0.339 e. The first-order chi connectivity index (χ1) is 13.5. The van der Waals surface area contributed by atoms with Gasteiger partial charge in [-0.1, -0.05) is 48.5 Å². The topological polar surface area (TPSA) is 48.3 Å². The number of nitrogens with zero attached hydrogens (tertiary/aromatic N) is 1. The van der Waals surface area contributed by atoms with Crippen molar-refractivity contribution in [3.8, 4) is 0 Å². The van der Waals surface area contributed by atoms with Gasteiger partial charge in [-0.25, -0.2) is 4.79 Å². The molecule has 0 aliphatic carbocycles. The highest BCUT2D eigenvalue weighted by Gasteiger charge is 2.19. The lowest BCUT2D eigenvalue weighted by Crippen LogP contribution is -2.15. The Labute approximate surface area is 163 Å². The summed E-state index contributed by atoms with van der Waals surface area (Å²) in [7, 11) is 1.91. The fraction of sp³-hybridized carbons (Fsp3) is 0.167. The number of aryl methyl sites for hydroxylation is 1. The molecule has 0 aliphatic heterocycles. The van der Waals surface area contributed by atoms with Crippen LogP contribution in [-0.2, 0) is 11.8 Å². The van der Waals surface area contributed by atoms with Gasteiger partial charge in [0.1, 0.15) is 0 Å². The molecule has 0 atom stereocenters. The average Bonchev–Trinajstić information content (AvgIpc) is 2.97. The van der Waals surface area contributed by atoms with E-state index in [0.717, 1.165) is 32.9 Å². The van der Waals surface area contributed by atoms with Crippen LogP contribution in [0.5, 0.6) is 0 Å². The fourth-order valence-corrected chi connectivity index (χ4v) is 3.65. The third kappa shape index (κ3) is 2.97. The zero-order valence-corrected chi connectivity index (χ0v) is 16.2. The summed E-state index contributed by atoms with van der Waals surface area (Å²) in [4.78, 5) is 25.6. The van der Waals surface area contributed by atoms with Crippen LogP contribution in [0.15, 0.2) is 60.7 Å². The van der Waals surface area contributed by atoms with E-state index in [-0.39, 0.29) is 12.4 Å². The quantitative estimate of drug-likeness (QED) is 0.288. The molecule has 4 nitrogen and oxygen atoms in total. The molecule has 28 heavy (non-hydrogen) atoms. The molecule has 4 heteroatoms. The van der Waals surface area contributed by atoms with Gasteiger partial charge in [0.2, 0.25) is 5.78 Å². The van der Waals surface area contributed by atoms with Crippen molar-refractivity contribution in [3.63, 3.8) is 0 Å². The summed E-state index contributed by atoms with van der Waals surface area (Å²) < 4.78 is 7.42. The monoisotopic (exact) mass is 371 g/mol. The molecule has 0 radical (unpaired) electrons. The van der Waals surface area contributed by atoms with Crippen molar-refractivity contribution in [2.24, 2.45) is 7.05 Å². The summed E-state index contributed by atoms with van der Waals surface area (Å²) in [6, 6.07) is 19.3. The highest BCUT2D eigenvalue weighted by atomic mass is 16.5. The van der Waals surface area contributed by atoms with Crippen LogP contribution in [0.3, 0.4) is 0 Å². The van der Waals surface area contributed by atoms with E-state index in [9.17, 15) is 9.59 Å². The number of Topliss-reactive ketones (excluding diaryl/α,β-unsaturated/α-hetero) is 1. The minimum atomic E-state index is -0.480. The van der Waals surface area contributed by atoms with Gasteiger partial charge in [0.15, 0.2) is 6.61 Å². The Bertz CT molecular complexity index is 1180. The molecule has 1 heterocycles. The Morgan fingerprint density at radius 1 is 0.893 bits per heavy atom. The second-order valence-electron chi connectivity index (χ2n) is 7.04. The number of aromatic nitrogens is 1. The molecule has 0 saturated carbocycles. The number of esters is 1. The molecular weight excluding hydrogens is 350 g/mol. The van der Waals surface area contributed by atoms with E-state index in [1.807, 2.05) is 80.1 Å². The van der Waals surface area contributed by atoms with Gasteiger partial charge in [-0.15, -0.1) is 0 Å². The molecule has 0 N–H and O–H groups in total. The van der Waals surface area contributed by atoms with E-state index in [1.54, 1.807) is 0 Å². The molecule has 0 fully saturated rings. The molecule has 0 spiro atoms. The number of fused-ring (bicyclic) bond motifs is 2. The summed E-state index contributed by atoms with van der Waals surface area (Å²) >= 11 is 0. The first-order valence-corrected chi connectivity index (χ1v) is 9.21. The SMILES string of the molecule is Cc1cc(C(=O)COC(=O)c2c3ccccc3cc3ccccc23)c(C)n1C. The maximum atomic E-state index is 13.0. The number of ether oxygens (including phenoxy) is 1. The summed E-state index contributed by atoms with van der Waals surface area (Å²) in [5, 5.41) is 3.58. The predicted octanol–water partition coefficient (Wildman–Crippen LogP) is 4.99. The second-order valence-corrected chi connectivity index (χ2v) is 7.04. The lowest BCUT2D eigenvalue weighted by Gasteiger charge is -2.11. The van der Waals surface area contributed by atoms with E-state index in [1.165, 1.54) is 0 Å². The zero-order valence-electron chi connectivity index (χ0n) is 16.2. The van der Waals surface area contributed by atoms with Gasteiger partial charge in [-0.3, -0.25) is 4.79 Å². The van der Waals surface area contributed by atoms with Gasteiger partial charge >= 0.3 is 5.97 Å². The van der Waals surface area contributed by atoms with Crippen molar-refractivity contribution in [3.05, 3.63) is 83.2 Å². The van der Waals surface area contributed by atoms with Gasteiger partial charge in [-0.2, -0.15) is 0 Å². The van der Waals surface area contributed by atoms with Crippen molar-refractivity contribution in [2.45, 2.75) is 13.8 Å². The Hall–Kier alpha value is -3.40. The molecule has 4 aromatic rings. The predicted molar refractivity (Wildman–Crippen MR) is 111 cm³/mol. The first-order valence-electron chi connectivity index (χ1n) is 9.21. The van der Waals surface area contributed by atoms with E-state index >= 15 is 0 Å². The average molecular weight is 371 g/mol. The minimum absolute atomic E-state index is 0.195. The van der Waals surface area contributed by atoms with Crippen molar-refractivity contribution < 1.29 is 14.3 Å². The lowest BCUT2D eigenvalue weighted by molar-refractivity contribution is 0.0478. The summed E-state index contributed by atoms with van der Waals surface area (Å²) in [5.74, 6) is -0.675. The van der Waals surface area contributed by atoms with E-state index in [2.05, 4.69) is 6.07 Å². The highest BCUT2D eigenvalue weighted by Crippen LogP contribution is 2.29. The number of hydrogen-bond donors (Lipinski definition) is 0. The number of benzene rings is 3. The van der Waals surface area contributed by atoms with Crippen LogP contribution in [0.1, 0.15) is 32.1 Å². The van der Waals surface area contributed by atoms with Crippen LogP contribution in [0.25, 0.3) is 21.5 Å². The third-order valence-electron chi connectivity index (χ3n) is 5.39. The van der Waals surface area contributed by atoms with Gasteiger partial charge in [0.25, 0.3) is 0 Å². The normalized spacial score (nSPS) is 11.1. The number of ketones is 1. The number of rotatable bonds is 4. The Morgan fingerprint density at radius 2 is 1.46 bits per heavy atom. The van der Waals surface area contributed by atoms with Gasteiger partial charge in [0.05, 0.1) is 5.56 Å². The molecule has 4 rings (SSSR count). The number of hydrogen-bond acceptors (Lipinski definition) is 3. The van der Waals surface area contributed by atoms with Crippen LogP contribution in [-0.4, -0.2) is 22.9 Å². The van der Waals surface area contributed by atoms with Crippen molar-refractivity contribution in [1.29, 1.82) is 0 Å². The smallest absolute Gasteiger partial charge is 0.339 e. The van der Waals surface area contributed by atoms with Gasteiger partial charge < -0.3 is 9.30 Å². The van der Waals surface area contributed by atoms with Crippen LogP contribution >= 0.6 is 0 Å². The van der Waals surface area contributed by atoms with Gasteiger partial charge in [0, 0.05) is 24.0 Å². The van der Waals surface area contributed by atoms with Crippen LogP contribution in [0.4, 0.5) is 0 Å². The summed E-state index contributed by atoms with van der Waals surface area (Å²) in [5.41, 5.74) is 2.96. The van der Waals surface area contributed by atoms with E-state index < -0.39 is 5.97 Å². The Balaban J connectivity index is 1.68. The molecule has 1 aromatic heterocycles. The first kappa shape index (κ1) is 18.0. The van der Waals surface area contributed by atoms with Crippen molar-refractivity contribution >= 4 is 33.3 Å². The second kappa shape index (κ2) is 6.97. The van der Waals surface area contributed by atoms with Crippen LogP contribution < -0.4 is 0 Å². The van der Waals surface area contributed by atoms with Gasteiger partial charge in [-0.05, 0) is 47.5 Å². The molecule has 3 aromatic carbocycles. The third-order valence-corrected chi connectivity index (χ3v) is 5.39. The summed E-state index contributed by atoms with van der Waals surface area (Å²) in [6.07, 6.45) is 0. The standard InChI is InChI=1S/C24H21NO3/c1-15-12-21(16(2)25(15)3)22(26)14-28-24(27)23-19-10-6-4-8-17(19)13-18-9-5-7-11-20(18)23/h4-13H,14H2,1-3H3. The molecular formula is C24H21NO3. The largest absolute Gasteiger partial charge is 0.454 e. The Morgan fingerprint density at radius 3 is 2.00 bits per heavy atom. The molecule has 0 aliphatic rings. The lowest BCUT2D eigenvalue weighted by atomic mass is 9.97. The zero-order chi connectivity index (χ0) is 19.8.